The van der Waals surface area contributed by atoms with Gasteiger partial charge in [0.1, 0.15) is 19.0 Å². The van der Waals surface area contributed by atoms with Crippen molar-refractivity contribution in [1.29, 1.82) is 0 Å². The number of piperazine rings is 1. The molecule has 0 spiro atoms. The smallest absolute Gasteiger partial charge is 0.122 e. The van der Waals surface area contributed by atoms with Crippen LogP contribution in [-0.4, -0.2) is 67.9 Å². The van der Waals surface area contributed by atoms with Gasteiger partial charge < -0.3 is 14.7 Å². The quantitative estimate of drug-likeness (QED) is 0.838. The molecule has 1 N–H and O–H groups in total. The van der Waals surface area contributed by atoms with E-state index < -0.39 is 0 Å². The lowest BCUT2D eigenvalue weighted by molar-refractivity contribution is 0.133. The van der Waals surface area contributed by atoms with Crippen molar-refractivity contribution in [2.75, 3.05) is 53.0 Å². The number of hydrogen-bond acceptors (Lipinski definition) is 4. The zero-order chi connectivity index (χ0) is 15.1. The summed E-state index contributed by atoms with van der Waals surface area (Å²) in [6.45, 7) is 8.11. The van der Waals surface area contributed by atoms with Gasteiger partial charge in [-0.15, -0.1) is 0 Å². The number of hydrogen-bond donors (Lipinski definition) is 1. The van der Waals surface area contributed by atoms with Gasteiger partial charge in [-0.1, -0.05) is 11.8 Å². The molecule has 4 heteroatoms. The summed E-state index contributed by atoms with van der Waals surface area (Å²) in [5.41, 5.74) is 1.99. The van der Waals surface area contributed by atoms with E-state index in [4.69, 9.17) is 9.84 Å². The maximum absolute atomic E-state index is 8.70. The summed E-state index contributed by atoms with van der Waals surface area (Å²) in [5.74, 6) is 6.48. The highest BCUT2D eigenvalue weighted by molar-refractivity contribution is 5.43. The second kappa shape index (κ2) is 8.04. The molecule has 1 aliphatic rings. The van der Waals surface area contributed by atoms with Crippen LogP contribution in [0, 0.1) is 18.8 Å². The molecule has 0 bridgehead atoms. The van der Waals surface area contributed by atoms with Crippen molar-refractivity contribution in [2.24, 2.45) is 0 Å². The molecule has 0 atom stereocenters. The third kappa shape index (κ3) is 5.05. The van der Waals surface area contributed by atoms with E-state index in [1.165, 1.54) is 0 Å². The van der Waals surface area contributed by atoms with Crippen LogP contribution in [0.25, 0.3) is 0 Å². The number of rotatable bonds is 4. The van der Waals surface area contributed by atoms with E-state index in [1.54, 1.807) is 0 Å². The van der Waals surface area contributed by atoms with Gasteiger partial charge in [0.05, 0.1) is 0 Å². The molecule has 1 fully saturated rings. The minimum Gasteiger partial charge on any atom is -0.492 e. The van der Waals surface area contributed by atoms with E-state index in [0.29, 0.717) is 6.61 Å². The lowest BCUT2D eigenvalue weighted by Crippen LogP contribution is -2.45. The van der Waals surface area contributed by atoms with Crippen LogP contribution in [-0.2, 0) is 0 Å². The minimum atomic E-state index is -0.109. The molecule has 0 saturated carbocycles. The Labute approximate surface area is 127 Å². The van der Waals surface area contributed by atoms with Crippen molar-refractivity contribution in [3.8, 4) is 17.6 Å². The lowest BCUT2D eigenvalue weighted by Gasteiger charge is -2.32. The summed E-state index contributed by atoms with van der Waals surface area (Å²) >= 11 is 0. The molecule has 1 saturated heterocycles. The molecule has 21 heavy (non-hydrogen) atoms. The van der Waals surface area contributed by atoms with Crippen molar-refractivity contribution < 1.29 is 9.84 Å². The molecule has 0 unspecified atom stereocenters. The fourth-order valence-electron chi connectivity index (χ4n) is 2.39. The number of likely N-dealkylation sites (N-methyl/N-ethyl adjacent to an activating group) is 1. The molecule has 0 amide bonds. The summed E-state index contributed by atoms with van der Waals surface area (Å²) in [7, 11) is 2.17. The zero-order valence-electron chi connectivity index (χ0n) is 12.9. The van der Waals surface area contributed by atoms with E-state index in [2.05, 4.69) is 28.7 Å². The number of aliphatic hydroxyl groups is 1. The van der Waals surface area contributed by atoms with Crippen LogP contribution >= 0.6 is 0 Å². The summed E-state index contributed by atoms with van der Waals surface area (Å²) in [4.78, 5) is 4.80. The first-order valence-corrected chi connectivity index (χ1v) is 7.43. The summed E-state index contributed by atoms with van der Waals surface area (Å²) < 4.78 is 5.87. The van der Waals surface area contributed by atoms with Gasteiger partial charge >= 0.3 is 0 Å². The van der Waals surface area contributed by atoms with E-state index in [1.807, 2.05) is 25.1 Å². The predicted molar refractivity (Wildman–Crippen MR) is 84.6 cm³/mol. The number of benzene rings is 1. The van der Waals surface area contributed by atoms with Gasteiger partial charge in [0.15, 0.2) is 0 Å². The van der Waals surface area contributed by atoms with Crippen molar-refractivity contribution in [2.45, 2.75) is 6.92 Å². The standard InChI is InChI=1S/C17H24N2O2/c1-15-14-16(4-3-12-20)5-6-17(15)21-13-11-19-9-7-18(2)8-10-19/h5-6,14,20H,7-13H2,1-2H3. The van der Waals surface area contributed by atoms with Gasteiger partial charge in [-0.2, -0.15) is 0 Å². The molecule has 0 aromatic heterocycles. The van der Waals surface area contributed by atoms with Crippen LogP contribution in [0.1, 0.15) is 11.1 Å². The molecule has 1 aromatic rings. The molecular formula is C17H24N2O2. The van der Waals surface area contributed by atoms with Crippen LogP contribution in [0.4, 0.5) is 0 Å². The topological polar surface area (TPSA) is 35.9 Å². The molecule has 0 aliphatic carbocycles. The summed E-state index contributed by atoms with van der Waals surface area (Å²) in [5, 5.41) is 8.70. The summed E-state index contributed by atoms with van der Waals surface area (Å²) in [6.07, 6.45) is 0. The first kappa shape index (κ1) is 15.8. The van der Waals surface area contributed by atoms with Crippen LogP contribution in [0.5, 0.6) is 5.75 Å². The molecular weight excluding hydrogens is 264 g/mol. The largest absolute Gasteiger partial charge is 0.492 e. The van der Waals surface area contributed by atoms with E-state index in [9.17, 15) is 0 Å². The fraction of sp³-hybridized carbons (Fsp3) is 0.529. The molecule has 1 aliphatic heterocycles. The highest BCUT2D eigenvalue weighted by Crippen LogP contribution is 2.18. The molecule has 1 aromatic carbocycles. The Morgan fingerprint density at radius 1 is 1.24 bits per heavy atom. The minimum absolute atomic E-state index is 0.109. The molecule has 2 rings (SSSR count). The molecule has 4 nitrogen and oxygen atoms in total. The Hall–Kier alpha value is -1.54. The van der Waals surface area contributed by atoms with E-state index in [-0.39, 0.29) is 6.61 Å². The van der Waals surface area contributed by atoms with Crippen molar-refractivity contribution in [3.63, 3.8) is 0 Å². The second-order valence-electron chi connectivity index (χ2n) is 5.43. The normalized spacial score (nSPS) is 16.3. The van der Waals surface area contributed by atoms with Crippen LogP contribution in [0.2, 0.25) is 0 Å². The van der Waals surface area contributed by atoms with Crippen LogP contribution in [0.15, 0.2) is 18.2 Å². The summed E-state index contributed by atoms with van der Waals surface area (Å²) in [6, 6.07) is 5.88. The molecule has 1 heterocycles. The van der Waals surface area contributed by atoms with E-state index in [0.717, 1.165) is 49.6 Å². The second-order valence-corrected chi connectivity index (χ2v) is 5.43. The zero-order valence-corrected chi connectivity index (χ0v) is 12.9. The molecule has 0 radical (unpaired) electrons. The Balaban J connectivity index is 1.80. The lowest BCUT2D eigenvalue weighted by atomic mass is 10.1. The Kier molecular flexibility index (Phi) is 6.06. The third-order valence-electron chi connectivity index (χ3n) is 3.75. The Morgan fingerprint density at radius 3 is 2.67 bits per heavy atom. The SMILES string of the molecule is Cc1cc(C#CCO)ccc1OCCN1CCN(C)CC1. The van der Waals surface area contributed by atoms with E-state index >= 15 is 0 Å². The van der Waals surface area contributed by atoms with Gasteiger partial charge in [0.2, 0.25) is 0 Å². The number of aliphatic hydroxyl groups excluding tert-OH is 1. The average molecular weight is 288 g/mol. The maximum atomic E-state index is 8.70. The average Bonchev–Trinajstić information content (AvgIpc) is 2.49. The number of aryl methyl sites for hydroxylation is 1. The first-order valence-electron chi connectivity index (χ1n) is 7.43. The Bertz CT molecular complexity index is 511. The maximum Gasteiger partial charge on any atom is 0.122 e. The fourth-order valence-corrected chi connectivity index (χ4v) is 2.39. The number of nitrogens with zero attached hydrogens (tertiary/aromatic N) is 2. The predicted octanol–water partition coefficient (Wildman–Crippen LogP) is 0.965. The number of ether oxygens (including phenoxy) is 1. The van der Waals surface area contributed by atoms with Crippen molar-refractivity contribution >= 4 is 0 Å². The van der Waals surface area contributed by atoms with Gasteiger partial charge in [0.25, 0.3) is 0 Å². The van der Waals surface area contributed by atoms with Crippen LogP contribution in [0.3, 0.4) is 0 Å². The molecule has 114 valence electrons. The highest BCUT2D eigenvalue weighted by atomic mass is 16.5. The van der Waals surface area contributed by atoms with Gasteiger partial charge in [-0.25, -0.2) is 0 Å². The monoisotopic (exact) mass is 288 g/mol. The van der Waals surface area contributed by atoms with Gasteiger partial charge in [0, 0.05) is 38.3 Å². The van der Waals surface area contributed by atoms with Crippen LogP contribution < -0.4 is 4.74 Å². The van der Waals surface area contributed by atoms with Gasteiger partial charge in [-0.3, -0.25) is 4.90 Å². The van der Waals surface area contributed by atoms with Gasteiger partial charge in [-0.05, 0) is 37.7 Å². The first-order chi connectivity index (χ1) is 10.2. The third-order valence-corrected chi connectivity index (χ3v) is 3.75. The van der Waals surface area contributed by atoms with Crippen molar-refractivity contribution in [3.05, 3.63) is 29.3 Å². The Morgan fingerprint density at radius 2 is 2.00 bits per heavy atom. The highest BCUT2D eigenvalue weighted by Gasteiger charge is 2.13. The van der Waals surface area contributed by atoms with Crippen molar-refractivity contribution in [1.82, 2.24) is 9.80 Å².